The second-order valence-electron chi connectivity index (χ2n) is 8.20. The van der Waals surface area contributed by atoms with Gasteiger partial charge in [-0.1, -0.05) is 36.2 Å². The van der Waals surface area contributed by atoms with Crippen LogP contribution in [0.3, 0.4) is 0 Å². The summed E-state index contributed by atoms with van der Waals surface area (Å²) in [6.07, 6.45) is 8.65. The van der Waals surface area contributed by atoms with E-state index >= 15 is 0 Å². The van der Waals surface area contributed by atoms with E-state index in [0.29, 0.717) is 19.5 Å². The number of aromatic nitrogens is 5. The van der Waals surface area contributed by atoms with Crippen LogP contribution < -0.4 is 5.32 Å². The van der Waals surface area contributed by atoms with Gasteiger partial charge < -0.3 is 9.88 Å². The van der Waals surface area contributed by atoms with Crippen molar-refractivity contribution in [2.24, 2.45) is 0 Å². The predicted molar refractivity (Wildman–Crippen MR) is 126 cm³/mol. The summed E-state index contributed by atoms with van der Waals surface area (Å²) in [5.74, 6) is 1.90. The third-order valence-corrected chi connectivity index (χ3v) is 6.32. The van der Waals surface area contributed by atoms with Crippen LogP contribution in [-0.2, 0) is 30.7 Å². The van der Waals surface area contributed by atoms with Gasteiger partial charge in [0.25, 0.3) is 0 Å². The molecule has 0 spiro atoms. The van der Waals surface area contributed by atoms with Crippen LogP contribution in [0.5, 0.6) is 0 Å². The zero-order valence-electron chi connectivity index (χ0n) is 18.6. The largest absolute Gasteiger partial charge is 0.352 e. The lowest BCUT2D eigenvalue weighted by Gasteiger charge is -2.07. The number of carbonyl (C=O) groups excluding carboxylic acids is 1. The number of aryl methyl sites for hydroxylation is 2. The number of carbonyl (C=O) groups is 1. The normalized spacial score (nSPS) is 13.8. The quantitative estimate of drug-likeness (QED) is 0.551. The van der Waals surface area contributed by atoms with E-state index in [1.807, 2.05) is 48.9 Å². The lowest BCUT2D eigenvalue weighted by Crippen LogP contribution is -2.24. The number of amides is 1. The first-order chi connectivity index (χ1) is 15.5. The maximum atomic E-state index is 12.4. The zero-order chi connectivity index (χ0) is 22.5. The highest BCUT2D eigenvalue weighted by Crippen LogP contribution is 2.20. The maximum absolute atomic E-state index is 12.4. The van der Waals surface area contributed by atoms with E-state index in [9.17, 15) is 4.79 Å². The van der Waals surface area contributed by atoms with Gasteiger partial charge in [0, 0.05) is 48.3 Å². The molecule has 0 atom stereocenters. The number of halogens is 1. The second-order valence-corrected chi connectivity index (χ2v) is 8.61. The number of hydrogen-bond donors (Lipinski definition) is 1. The molecule has 0 fully saturated rings. The molecule has 32 heavy (non-hydrogen) atoms. The average Bonchev–Trinajstić information content (AvgIpc) is 3.16. The fraction of sp³-hybridized carbons (Fsp3) is 0.417. The Morgan fingerprint density at radius 2 is 2.03 bits per heavy atom. The molecule has 8 heteroatoms. The number of hydrogen-bond acceptors (Lipinski definition) is 4. The topological polar surface area (TPSA) is 77.6 Å². The summed E-state index contributed by atoms with van der Waals surface area (Å²) in [6.45, 7) is 6.05. The van der Waals surface area contributed by atoms with E-state index < -0.39 is 0 Å². The van der Waals surface area contributed by atoms with Gasteiger partial charge in [-0.3, -0.25) is 9.48 Å². The number of nitrogens with one attached hydrogen (secondary N) is 1. The molecule has 1 aromatic carbocycles. The Morgan fingerprint density at radius 1 is 1.19 bits per heavy atom. The van der Waals surface area contributed by atoms with Gasteiger partial charge in [0.1, 0.15) is 11.6 Å². The van der Waals surface area contributed by atoms with E-state index in [-0.39, 0.29) is 5.91 Å². The molecule has 0 saturated carbocycles. The van der Waals surface area contributed by atoms with Crippen molar-refractivity contribution >= 4 is 23.6 Å². The lowest BCUT2D eigenvalue weighted by molar-refractivity contribution is -0.116. The van der Waals surface area contributed by atoms with Gasteiger partial charge in [0.2, 0.25) is 5.91 Å². The third kappa shape index (κ3) is 5.10. The summed E-state index contributed by atoms with van der Waals surface area (Å²) in [4.78, 5) is 12.4. The zero-order valence-corrected chi connectivity index (χ0v) is 19.4. The van der Waals surface area contributed by atoms with Crippen molar-refractivity contribution < 1.29 is 4.79 Å². The molecule has 0 unspecified atom stereocenters. The van der Waals surface area contributed by atoms with Crippen molar-refractivity contribution in [3.8, 4) is 0 Å². The van der Waals surface area contributed by atoms with Crippen LogP contribution in [0.4, 0.5) is 0 Å². The van der Waals surface area contributed by atoms with Crippen LogP contribution in [0.1, 0.15) is 53.4 Å². The Labute approximate surface area is 193 Å². The lowest BCUT2D eigenvalue weighted by atomic mass is 10.1. The Balaban J connectivity index is 1.34. The Kier molecular flexibility index (Phi) is 7.05. The highest BCUT2D eigenvalue weighted by atomic mass is 35.5. The van der Waals surface area contributed by atoms with Crippen molar-refractivity contribution in [1.29, 1.82) is 0 Å². The minimum atomic E-state index is -0.127. The Hall–Kier alpha value is -2.93. The number of rotatable bonds is 7. The van der Waals surface area contributed by atoms with E-state index in [1.165, 1.54) is 12.8 Å². The minimum absolute atomic E-state index is 0.127. The van der Waals surface area contributed by atoms with Gasteiger partial charge in [0.15, 0.2) is 0 Å². The van der Waals surface area contributed by atoms with E-state index in [1.54, 1.807) is 6.08 Å². The standard InChI is InChI=1S/C24H29ClN6O/c1-17-20(18(2)31(29-17)16-19-8-5-6-9-21(19)25)11-12-24(32)26-14-13-23-28-27-22-10-4-3-7-15-30(22)23/h5-6,8-9,11-12H,3-4,7,10,13-16H2,1-2H3,(H,26,32)/b12-11+. The fourth-order valence-corrected chi connectivity index (χ4v) is 4.34. The summed E-state index contributed by atoms with van der Waals surface area (Å²) >= 11 is 6.29. The molecule has 2 aromatic heterocycles. The molecule has 0 radical (unpaired) electrons. The summed E-state index contributed by atoms with van der Waals surface area (Å²) in [5, 5.41) is 16.9. The van der Waals surface area contributed by atoms with Crippen molar-refractivity contribution in [3.63, 3.8) is 0 Å². The molecule has 0 saturated heterocycles. The molecule has 1 amide bonds. The predicted octanol–water partition coefficient (Wildman–Crippen LogP) is 3.89. The monoisotopic (exact) mass is 452 g/mol. The average molecular weight is 453 g/mol. The van der Waals surface area contributed by atoms with Gasteiger partial charge in [-0.2, -0.15) is 5.10 Å². The molecule has 1 aliphatic rings. The summed E-state index contributed by atoms with van der Waals surface area (Å²) in [6, 6.07) is 7.76. The highest BCUT2D eigenvalue weighted by molar-refractivity contribution is 6.31. The first-order valence-electron chi connectivity index (χ1n) is 11.2. The van der Waals surface area contributed by atoms with Crippen LogP contribution in [0.25, 0.3) is 6.08 Å². The van der Waals surface area contributed by atoms with E-state index in [0.717, 1.165) is 58.6 Å². The molecule has 0 aliphatic carbocycles. The van der Waals surface area contributed by atoms with Crippen LogP contribution >= 0.6 is 11.6 Å². The molecule has 3 heterocycles. The third-order valence-electron chi connectivity index (χ3n) is 5.95. The number of nitrogens with zero attached hydrogens (tertiary/aromatic N) is 5. The number of benzene rings is 1. The SMILES string of the molecule is Cc1nn(Cc2ccccc2Cl)c(C)c1/C=C/C(=O)NCCc1nnc2n1CCCCC2. The highest BCUT2D eigenvalue weighted by Gasteiger charge is 2.15. The van der Waals surface area contributed by atoms with Gasteiger partial charge in [-0.25, -0.2) is 0 Å². The van der Waals surface area contributed by atoms with Gasteiger partial charge in [-0.05, 0) is 44.4 Å². The maximum Gasteiger partial charge on any atom is 0.244 e. The van der Waals surface area contributed by atoms with Crippen LogP contribution in [0.2, 0.25) is 5.02 Å². The molecular formula is C24H29ClN6O. The van der Waals surface area contributed by atoms with Crippen LogP contribution in [-0.4, -0.2) is 37.0 Å². The first-order valence-corrected chi connectivity index (χ1v) is 11.5. The molecule has 168 valence electrons. The minimum Gasteiger partial charge on any atom is -0.352 e. The van der Waals surface area contributed by atoms with Crippen molar-refractivity contribution in [2.75, 3.05) is 6.54 Å². The van der Waals surface area contributed by atoms with E-state index in [4.69, 9.17) is 11.6 Å². The summed E-state index contributed by atoms with van der Waals surface area (Å²) < 4.78 is 4.14. The van der Waals surface area contributed by atoms with Gasteiger partial charge in [0.05, 0.1) is 12.2 Å². The molecule has 4 rings (SSSR count). The Morgan fingerprint density at radius 3 is 2.88 bits per heavy atom. The summed E-state index contributed by atoms with van der Waals surface area (Å²) in [7, 11) is 0. The number of fused-ring (bicyclic) bond motifs is 1. The molecule has 1 N–H and O–H groups in total. The molecule has 0 bridgehead atoms. The summed E-state index contributed by atoms with van der Waals surface area (Å²) in [5.41, 5.74) is 3.84. The molecular weight excluding hydrogens is 424 g/mol. The van der Waals surface area contributed by atoms with Crippen molar-refractivity contribution in [2.45, 2.75) is 59.0 Å². The van der Waals surface area contributed by atoms with Gasteiger partial charge >= 0.3 is 0 Å². The molecule has 7 nitrogen and oxygen atoms in total. The molecule has 3 aromatic rings. The van der Waals surface area contributed by atoms with Crippen LogP contribution in [0.15, 0.2) is 30.3 Å². The van der Waals surface area contributed by atoms with E-state index in [2.05, 4.69) is 25.2 Å². The van der Waals surface area contributed by atoms with Crippen LogP contribution in [0, 0.1) is 13.8 Å². The first kappa shape index (κ1) is 22.3. The van der Waals surface area contributed by atoms with Gasteiger partial charge in [-0.15, -0.1) is 10.2 Å². The fourth-order valence-electron chi connectivity index (χ4n) is 4.14. The van der Waals surface area contributed by atoms with Crippen molar-refractivity contribution in [3.05, 3.63) is 69.5 Å². The van der Waals surface area contributed by atoms with Crippen molar-refractivity contribution in [1.82, 2.24) is 29.9 Å². The second kappa shape index (κ2) is 10.1. The molecule has 1 aliphatic heterocycles. The Bertz CT molecular complexity index is 1130. The smallest absolute Gasteiger partial charge is 0.244 e.